The van der Waals surface area contributed by atoms with Crippen molar-refractivity contribution in [2.75, 3.05) is 37.0 Å². The Balaban J connectivity index is -0.000000196. The third-order valence-electron chi connectivity index (χ3n) is 2.77. The van der Waals surface area contributed by atoms with E-state index in [-0.39, 0.29) is 17.5 Å². The quantitative estimate of drug-likeness (QED) is 0.344. The second-order valence-electron chi connectivity index (χ2n) is 3.55. The van der Waals surface area contributed by atoms with Crippen LogP contribution in [-0.4, -0.2) is 37.0 Å². The van der Waals surface area contributed by atoms with E-state index in [9.17, 15) is 0 Å². The van der Waals surface area contributed by atoms with Gasteiger partial charge < -0.3 is 0 Å². The van der Waals surface area contributed by atoms with E-state index in [1.807, 2.05) is 0 Å². The molecule has 0 aliphatic carbocycles. The van der Waals surface area contributed by atoms with Crippen LogP contribution in [0.4, 0.5) is 0 Å². The summed E-state index contributed by atoms with van der Waals surface area (Å²) in [5, 5.41) is 0. The second-order valence-corrected chi connectivity index (χ2v) is 13.6. The van der Waals surface area contributed by atoms with Gasteiger partial charge in [0.1, 0.15) is 0 Å². The van der Waals surface area contributed by atoms with E-state index in [4.69, 9.17) is 9.42 Å². The first kappa shape index (κ1) is 24.8. The molecule has 0 nitrogen and oxygen atoms in total. The first-order valence-corrected chi connectivity index (χ1v) is 15.4. The van der Waals surface area contributed by atoms with Crippen molar-refractivity contribution in [3.63, 3.8) is 0 Å². The molecule has 0 spiro atoms. The minimum absolute atomic E-state index is 0.0756. The molecule has 0 radical (unpaired) electrons. The third-order valence-corrected chi connectivity index (χ3v) is 10.1. The van der Waals surface area contributed by atoms with Gasteiger partial charge in [-0.05, 0) is 37.0 Å². The number of hydrogen-bond donors (Lipinski definition) is 0. The van der Waals surface area contributed by atoms with E-state index < -0.39 is 0 Å². The van der Waals surface area contributed by atoms with Crippen LogP contribution in [0, 0.1) is 0 Å². The number of hydrogen-bond acceptors (Lipinski definition) is 0. The summed E-state index contributed by atoms with van der Waals surface area (Å²) in [6.07, 6.45) is 8.51. The summed E-state index contributed by atoms with van der Waals surface area (Å²) in [5.41, 5.74) is 0. The molecule has 0 saturated carbocycles. The van der Waals surface area contributed by atoms with Gasteiger partial charge in [0.05, 0.1) is 0 Å². The zero-order chi connectivity index (χ0) is 14.8. The predicted octanol–water partition coefficient (Wildman–Crippen LogP) is 6.72. The predicted molar refractivity (Wildman–Crippen MR) is 93.4 cm³/mol. The van der Waals surface area contributed by atoms with Gasteiger partial charge in [-0.25, -0.2) is 0 Å². The van der Waals surface area contributed by atoms with E-state index in [2.05, 4.69) is 48.5 Å². The summed E-state index contributed by atoms with van der Waals surface area (Å²) in [6, 6.07) is 0. The van der Waals surface area contributed by atoms with E-state index in [1.54, 1.807) is 0 Å². The topological polar surface area (TPSA) is 0 Å². The summed E-state index contributed by atoms with van der Waals surface area (Å²) in [4.78, 5) is 1.20. The SMILES string of the molecule is CCP(CC)CC.CCP(CC)CC.C[CH2][Pt][Cl]. The van der Waals surface area contributed by atoms with E-state index in [1.165, 1.54) is 41.8 Å². The van der Waals surface area contributed by atoms with E-state index >= 15 is 0 Å². The van der Waals surface area contributed by atoms with Crippen LogP contribution in [0.2, 0.25) is 4.81 Å². The van der Waals surface area contributed by atoms with Crippen LogP contribution in [0.3, 0.4) is 0 Å². The second kappa shape index (κ2) is 23.9. The van der Waals surface area contributed by atoms with Gasteiger partial charge in [-0.1, -0.05) is 41.5 Å². The Morgan fingerprint density at radius 3 is 0.778 bits per heavy atom. The van der Waals surface area contributed by atoms with Gasteiger partial charge in [0.15, 0.2) is 0 Å². The van der Waals surface area contributed by atoms with Crippen molar-refractivity contribution < 1.29 is 17.5 Å². The summed E-state index contributed by atoms with van der Waals surface area (Å²) < 4.78 is 0. The summed E-state index contributed by atoms with van der Waals surface area (Å²) in [5.74, 6) is 0. The van der Waals surface area contributed by atoms with Crippen molar-refractivity contribution in [3.05, 3.63) is 0 Å². The Labute approximate surface area is 132 Å². The average molecular weight is 496 g/mol. The molecule has 118 valence electrons. The first-order valence-electron chi connectivity index (χ1n) is 7.19. The Morgan fingerprint density at radius 2 is 0.778 bits per heavy atom. The van der Waals surface area contributed by atoms with Crippen LogP contribution >= 0.6 is 25.3 Å². The molecule has 0 saturated heterocycles. The molecule has 4 heteroatoms. The Kier molecular flexibility index (Phi) is 33.0. The van der Waals surface area contributed by atoms with Crippen LogP contribution in [0.15, 0.2) is 0 Å². The molecule has 0 aliphatic heterocycles. The Morgan fingerprint density at radius 1 is 0.611 bits per heavy atom. The molecular weight excluding hydrogens is 461 g/mol. The fraction of sp³-hybridized carbons (Fsp3) is 1.00. The van der Waals surface area contributed by atoms with Crippen LogP contribution < -0.4 is 0 Å². The van der Waals surface area contributed by atoms with Crippen LogP contribution in [0.1, 0.15) is 48.5 Å². The van der Waals surface area contributed by atoms with Gasteiger partial charge >= 0.3 is 38.7 Å². The van der Waals surface area contributed by atoms with Gasteiger partial charge in [0.2, 0.25) is 0 Å². The standard InChI is InChI=1S/2C6H15P.C2H5.ClH.Pt/c2*1-4-7(5-2)6-3;1-2;;/h2*4-6H2,1-3H3;1H2,2H3;1H;/q;;;;+1/p-1. The van der Waals surface area contributed by atoms with Gasteiger partial charge in [0, 0.05) is 0 Å². The fourth-order valence-electron chi connectivity index (χ4n) is 1.34. The Hall–Kier alpha value is 1.84. The molecule has 0 aromatic heterocycles. The van der Waals surface area contributed by atoms with Crippen molar-refractivity contribution in [2.24, 2.45) is 0 Å². The zero-order valence-electron chi connectivity index (χ0n) is 13.5. The molecule has 0 bridgehead atoms. The maximum absolute atomic E-state index is 5.30. The Bertz CT molecular complexity index is 93.3. The summed E-state index contributed by atoms with van der Waals surface area (Å²) >= 11 is 0.0756. The maximum atomic E-state index is 5.30. The molecule has 0 heterocycles. The van der Waals surface area contributed by atoms with Crippen molar-refractivity contribution in [1.82, 2.24) is 0 Å². The molecule has 0 N–H and O–H groups in total. The van der Waals surface area contributed by atoms with Gasteiger partial charge in [-0.2, -0.15) is 0 Å². The van der Waals surface area contributed by atoms with Crippen molar-refractivity contribution in [2.45, 2.75) is 53.3 Å². The van der Waals surface area contributed by atoms with E-state index in [0.29, 0.717) is 15.8 Å². The molecule has 0 amide bonds. The van der Waals surface area contributed by atoms with Crippen LogP contribution in [0.5, 0.6) is 0 Å². The third kappa shape index (κ3) is 23.0. The molecule has 0 unspecified atom stereocenters. The molecule has 0 aromatic rings. The molecule has 0 rings (SSSR count). The van der Waals surface area contributed by atoms with Gasteiger partial charge in [-0.3, -0.25) is 0 Å². The molecule has 0 aliphatic rings. The monoisotopic (exact) mass is 495 g/mol. The van der Waals surface area contributed by atoms with Crippen LogP contribution in [0.25, 0.3) is 0 Å². The summed E-state index contributed by atoms with van der Waals surface area (Å²) in [7, 11) is 6.19. The minimum atomic E-state index is 0.0756. The average Bonchev–Trinajstić information content (AvgIpc) is 2.44. The number of rotatable bonds is 7. The number of halogens is 1. The zero-order valence-corrected chi connectivity index (χ0v) is 18.4. The molecule has 0 aromatic carbocycles. The fourth-order valence-corrected chi connectivity index (χ4v) is 4.02. The van der Waals surface area contributed by atoms with Gasteiger partial charge in [0.25, 0.3) is 0 Å². The molecule has 18 heavy (non-hydrogen) atoms. The van der Waals surface area contributed by atoms with Gasteiger partial charge in [-0.15, -0.1) is 15.8 Å². The van der Waals surface area contributed by atoms with Crippen molar-refractivity contribution in [3.8, 4) is 0 Å². The molecular formula is C14H35ClP2Pt. The summed E-state index contributed by atoms with van der Waals surface area (Å²) in [6.45, 7) is 15.8. The van der Waals surface area contributed by atoms with Crippen molar-refractivity contribution >= 4 is 25.3 Å². The van der Waals surface area contributed by atoms with E-state index in [0.717, 1.165) is 0 Å². The normalized spacial score (nSPS) is 9.89. The van der Waals surface area contributed by atoms with Crippen LogP contribution in [-0.2, 0) is 17.5 Å². The molecule has 0 atom stereocenters. The molecule has 0 fully saturated rings. The first-order chi connectivity index (χ1) is 8.61. The van der Waals surface area contributed by atoms with Crippen molar-refractivity contribution in [1.29, 1.82) is 0 Å².